The fraction of sp³-hybridized carbons (Fsp3) is 0.805. The number of hydrogen-bond acceptors (Lipinski definition) is 10. The number of aliphatic hydroxyl groups is 4. The van der Waals surface area contributed by atoms with Crippen molar-refractivity contribution >= 4 is 11.9 Å². The highest BCUT2D eigenvalue weighted by Crippen LogP contribution is 2.22. The molecule has 1 rings (SSSR count). The van der Waals surface area contributed by atoms with E-state index in [9.17, 15) is 30.0 Å². The van der Waals surface area contributed by atoms with E-state index >= 15 is 0 Å². The lowest BCUT2D eigenvalue weighted by Gasteiger charge is -2.39. The average molecular weight is 725 g/mol. The van der Waals surface area contributed by atoms with Gasteiger partial charge in [-0.3, -0.25) is 9.59 Å². The summed E-state index contributed by atoms with van der Waals surface area (Å²) in [5.41, 5.74) is 0. The topological polar surface area (TPSA) is 152 Å². The molecule has 1 aliphatic rings. The van der Waals surface area contributed by atoms with E-state index in [0.29, 0.717) is 6.42 Å². The summed E-state index contributed by atoms with van der Waals surface area (Å²) in [4.78, 5) is 25.1. The van der Waals surface area contributed by atoms with E-state index in [1.807, 2.05) is 0 Å². The van der Waals surface area contributed by atoms with Crippen molar-refractivity contribution in [2.24, 2.45) is 0 Å². The van der Waals surface area contributed by atoms with Gasteiger partial charge in [0.25, 0.3) is 0 Å². The SMILES string of the molecule is CCCCC/C=C/C/C=C/C/C=C/CCCCCCC(=O)O[C@H](COC(=O)CCCCCCCCCCC)CO[C@@H]1O[C@H](CO)[C@H](O)C(O)C1O. The van der Waals surface area contributed by atoms with E-state index in [0.717, 1.165) is 57.8 Å². The molecule has 1 aliphatic heterocycles. The molecule has 4 N–H and O–H groups in total. The normalized spacial score (nSPS) is 21.6. The van der Waals surface area contributed by atoms with Gasteiger partial charge in [-0.05, 0) is 51.4 Å². The summed E-state index contributed by atoms with van der Waals surface area (Å²) in [5.74, 6) is -0.836. The summed E-state index contributed by atoms with van der Waals surface area (Å²) in [5, 5.41) is 39.9. The Hall–Kier alpha value is -2.08. The summed E-state index contributed by atoms with van der Waals surface area (Å²) in [6.07, 6.45) is 27.3. The predicted octanol–water partition coefficient (Wildman–Crippen LogP) is 7.55. The summed E-state index contributed by atoms with van der Waals surface area (Å²) in [6.45, 7) is 3.33. The predicted molar refractivity (Wildman–Crippen MR) is 201 cm³/mol. The monoisotopic (exact) mass is 725 g/mol. The third-order valence-electron chi connectivity index (χ3n) is 9.03. The highest BCUT2D eigenvalue weighted by molar-refractivity contribution is 5.70. The first-order valence-corrected chi connectivity index (χ1v) is 20.1. The van der Waals surface area contributed by atoms with Gasteiger partial charge >= 0.3 is 11.9 Å². The van der Waals surface area contributed by atoms with Crippen LogP contribution in [0.5, 0.6) is 0 Å². The van der Waals surface area contributed by atoms with Crippen molar-refractivity contribution in [1.82, 2.24) is 0 Å². The molecule has 0 aromatic heterocycles. The molecule has 0 aromatic rings. The molecule has 0 saturated carbocycles. The Balaban J connectivity index is 2.39. The van der Waals surface area contributed by atoms with Crippen molar-refractivity contribution in [1.29, 1.82) is 0 Å². The van der Waals surface area contributed by atoms with Crippen LogP contribution in [0, 0.1) is 0 Å². The summed E-state index contributed by atoms with van der Waals surface area (Å²) in [7, 11) is 0. The van der Waals surface area contributed by atoms with Gasteiger partial charge in [-0.15, -0.1) is 0 Å². The van der Waals surface area contributed by atoms with Crippen LogP contribution in [0.15, 0.2) is 36.5 Å². The molecule has 1 saturated heterocycles. The minimum Gasteiger partial charge on any atom is -0.462 e. The van der Waals surface area contributed by atoms with Crippen molar-refractivity contribution in [3.8, 4) is 0 Å². The largest absolute Gasteiger partial charge is 0.462 e. The zero-order chi connectivity index (χ0) is 37.4. The Morgan fingerprint density at radius 1 is 0.608 bits per heavy atom. The maximum Gasteiger partial charge on any atom is 0.306 e. The van der Waals surface area contributed by atoms with Crippen LogP contribution in [-0.2, 0) is 28.5 Å². The van der Waals surface area contributed by atoms with Crippen molar-refractivity contribution in [3.05, 3.63) is 36.5 Å². The van der Waals surface area contributed by atoms with Gasteiger partial charge in [0.05, 0.1) is 13.2 Å². The molecule has 0 aromatic carbocycles. The highest BCUT2D eigenvalue weighted by atomic mass is 16.7. The molecule has 296 valence electrons. The smallest absolute Gasteiger partial charge is 0.306 e. The zero-order valence-electron chi connectivity index (χ0n) is 31.8. The molecule has 0 bridgehead atoms. The van der Waals surface area contributed by atoms with Crippen LogP contribution in [-0.4, -0.2) is 89.0 Å². The summed E-state index contributed by atoms with van der Waals surface area (Å²) < 4.78 is 22.0. The lowest BCUT2D eigenvalue weighted by molar-refractivity contribution is -0.305. The number of rotatable bonds is 32. The van der Waals surface area contributed by atoms with Crippen LogP contribution in [0.4, 0.5) is 0 Å². The number of ether oxygens (including phenoxy) is 4. The number of unbranched alkanes of at least 4 members (excludes halogenated alkanes) is 15. The number of esters is 2. The van der Waals surface area contributed by atoms with Crippen LogP contribution >= 0.6 is 0 Å². The van der Waals surface area contributed by atoms with Crippen LogP contribution in [0.2, 0.25) is 0 Å². The minimum absolute atomic E-state index is 0.205. The maximum atomic E-state index is 12.7. The molecule has 6 atom stereocenters. The molecule has 1 heterocycles. The maximum absolute atomic E-state index is 12.7. The van der Waals surface area contributed by atoms with E-state index in [-0.39, 0.29) is 32.0 Å². The average Bonchev–Trinajstić information content (AvgIpc) is 3.13. The van der Waals surface area contributed by atoms with Crippen LogP contribution < -0.4 is 0 Å². The van der Waals surface area contributed by atoms with Gasteiger partial charge in [0.2, 0.25) is 0 Å². The van der Waals surface area contributed by atoms with E-state index in [1.54, 1.807) is 0 Å². The lowest BCUT2D eigenvalue weighted by Crippen LogP contribution is -2.59. The number of allylic oxidation sites excluding steroid dienone is 6. The molecule has 1 fully saturated rings. The third-order valence-corrected chi connectivity index (χ3v) is 9.03. The first-order valence-electron chi connectivity index (χ1n) is 20.1. The first-order chi connectivity index (χ1) is 24.8. The fourth-order valence-electron chi connectivity index (χ4n) is 5.78. The Kier molecular flexibility index (Phi) is 30.0. The lowest BCUT2D eigenvalue weighted by atomic mass is 9.99. The second-order valence-electron chi connectivity index (χ2n) is 13.7. The highest BCUT2D eigenvalue weighted by Gasteiger charge is 2.44. The Labute approximate surface area is 308 Å². The quantitative estimate of drug-likeness (QED) is 0.0311. The van der Waals surface area contributed by atoms with Crippen LogP contribution in [0.3, 0.4) is 0 Å². The number of carbonyl (C=O) groups is 2. The molecule has 51 heavy (non-hydrogen) atoms. The molecular weight excluding hydrogens is 652 g/mol. The molecule has 0 radical (unpaired) electrons. The summed E-state index contributed by atoms with van der Waals surface area (Å²) in [6, 6.07) is 0. The van der Waals surface area contributed by atoms with Crippen molar-refractivity contribution in [2.75, 3.05) is 19.8 Å². The van der Waals surface area contributed by atoms with Gasteiger partial charge in [0.1, 0.15) is 31.0 Å². The zero-order valence-corrected chi connectivity index (χ0v) is 31.8. The number of carbonyl (C=O) groups excluding carboxylic acids is 2. The number of hydrogen-bond donors (Lipinski definition) is 4. The van der Waals surface area contributed by atoms with Gasteiger partial charge in [-0.2, -0.15) is 0 Å². The second kappa shape index (κ2) is 32.6. The van der Waals surface area contributed by atoms with Gasteiger partial charge in [-0.25, -0.2) is 0 Å². The van der Waals surface area contributed by atoms with Gasteiger partial charge in [0, 0.05) is 12.8 Å². The molecule has 0 aliphatic carbocycles. The van der Waals surface area contributed by atoms with E-state index in [1.165, 1.54) is 64.2 Å². The van der Waals surface area contributed by atoms with E-state index in [2.05, 4.69) is 50.3 Å². The fourth-order valence-corrected chi connectivity index (χ4v) is 5.78. The number of aliphatic hydroxyl groups excluding tert-OH is 4. The van der Waals surface area contributed by atoms with Crippen molar-refractivity contribution in [2.45, 2.75) is 192 Å². The van der Waals surface area contributed by atoms with E-state index in [4.69, 9.17) is 18.9 Å². The second-order valence-corrected chi connectivity index (χ2v) is 13.7. The molecule has 0 amide bonds. The van der Waals surface area contributed by atoms with Crippen LogP contribution in [0.25, 0.3) is 0 Å². The first kappa shape index (κ1) is 46.9. The van der Waals surface area contributed by atoms with E-state index < -0.39 is 49.4 Å². The van der Waals surface area contributed by atoms with Crippen LogP contribution in [0.1, 0.15) is 155 Å². The third kappa shape index (κ3) is 24.7. The molecule has 10 heteroatoms. The Morgan fingerprint density at radius 2 is 1.10 bits per heavy atom. The Bertz CT molecular complexity index is 933. The molecule has 2 unspecified atom stereocenters. The minimum atomic E-state index is -1.60. The molecule has 10 nitrogen and oxygen atoms in total. The summed E-state index contributed by atoms with van der Waals surface area (Å²) >= 11 is 0. The molecular formula is C41H72O10. The van der Waals surface area contributed by atoms with Gasteiger partial charge < -0.3 is 39.4 Å². The van der Waals surface area contributed by atoms with Gasteiger partial charge in [0.15, 0.2) is 12.4 Å². The van der Waals surface area contributed by atoms with Crippen molar-refractivity contribution < 1.29 is 49.0 Å². The molecule has 0 spiro atoms. The van der Waals surface area contributed by atoms with Gasteiger partial charge in [-0.1, -0.05) is 127 Å². The van der Waals surface area contributed by atoms with Crippen molar-refractivity contribution in [3.63, 3.8) is 0 Å². The Morgan fingerprint density at radius 3 is 1.69 bits per heavy atom. The standard InChI is InChI=1S/C41H72O10/c1-3-5-7-9-11-13-14-15-16-17-18-19-20-22-24-26-28-30-37(44)50-34(33-49-41-40(47)39(46)38(45)35(31-42)51-41)32-48-36(43)29-27-25-23-21-12-10-8-6-4-2/h11,13,15-16,18-19,34-35,38-42,45-47H,3-10,12,14,17,20-33H2,1-2H3/b13-11+,16-15+,19-18+/t34-,35-,38+,39?,40?,41-/m1/s1.